The molecule has 1 amide bonds. The van der Waals surface area contributed by atoms with Crippen molar-refractivity contribution in [1.82, 2.24) is 9.55 Å². The van der Waals surface area contributed by atoms with E-state index < -0.39 is 0 Å². The van der Waals surface area contributed by atoms with Crippen molar-refractivity contribution in [3.05, 3.63) is 75.3 Å². The summed E-state index contributed by atoms with van der Waals surface area (Å²) in [5, 5.41) is 15.7. The number of halogens is 1. The van der Waals surface area contributed by atoms with Gasteiger partial charge in [-0.05, 0) is 47.7 Å². The van der Waals surface area contributed by atoms with Crippen LogP contribution in [0.15, 0.2) is 58.5 Å². The second kappa shape index (κ2) is 8.71. The number of rotatable bonds is 6. The van der Waals surface area contributed by atoms with Crippen molar-refractivity contribution in [2.75, 3.05) is 5.32 Å². The van der Waals surface area contributed by atoms with Crippen LogP contribution in [0.2, 0.25) is 0 Å². The predicted octanol–water partition coefficient (Wildman–Crippen LogP) is 5.79. The Bertz CT molecular complexity index is 1200. The first-order valence-corrected chi connectivity index (χ1v) is 11.4. The quantitative estimate of drug-likeness (QED) is 0.364. The summed E-state index contributed by atoms with van der Waals surface area (Å²) in [6.07, 6.45) is 3.11. The molecule has 0 aliphatic heterocycles. The second-order valence-electron chi connectivity index (χ2n) is 7.61. The molecule has 5 nitrogen and oxygen atoms in total. The van der Waals surface area contributed by atoms with E-state index in [1.807, 2.05) is 0 Å². The van der Waals surface area contributed by atoms with Gasteiger partial charge in [-0.15, -0.1) is 11.3 Å². The minimum Gasteiger partial charge on any atom is -0.392 e. The molecule has 7 heteroatoms. The van der Waals surface area contributed by atoms with Gasteiger partial charge in [0.25, 0.3) is 5.91 Å². The molecule has 0 aliphatic carbocycles. The van der Waals surface area contributed by atoms with Crippen molar-refractivity contribution in [2.45, 2.75) is 26.9 Å². The molecule has 2 aromatic carbocycles. The predicted molar refractivity (Wildman–Crippen MR) is 126 cm³/mol. The summed E-state index contributed by atoms with van der Waals surface area (Å²) < 4.78 is 3.07. The van der Waals surface area contributed by atoms with Crippen molar-refractivity contribution in [3.63, 3.8) is 0 Å². The molecule has 4 rings (SSSR count). The molecule has 0 radical (unpaired) electrons. The number of hydrogen-bond donors (Lipinski definition) is 2. The highest BCUT2D eigenvalue weighted by molar-refractivity contribution is 9.10. The third-order valence-electron chi connectivity index (χ3n) is 4.80. The number of benzene rings is 2. The van der Waals surface area contributed by atoms with E-state index in [1.165, 1.54) is 22.3 Å². The summed E-state index contributed by atoms with van der Waals surface area (Å²) in [6.45, 7) is 4.39. The standard InChI is InChI=1S/C23H22BrN3O2S/c1-14(2)9-16-11-27(21-10-17(24)5-8-19(16)21)23-26-20(13-30-23)22(29)25-18-6-3-15(12-28)4-7-18/h3-8,10-11,13-14,28H,9,12H2,1-2H3,(H,25,29). The van der Waals surface area contributed by atoms with Gasteiger partial charge in [0.05, 0.1) is 12.1 Å². The van der Waals surface area contributed by atoms with Crippen LogP contribution in [0.25, 0.3) is 16.0 Å². The Morgan fingerprint density at radius 2 is 2.00 bits per heavy atom. The number of anilines is 1. The Morgan fingerprint density at radius 1 is 1.23 bits per heavy atom. The van der Waals surface area contributed by atoms with Crippen molar-refractivity contribution < 1.29 is 9.90 Å². The number of aromatic nitrogens is 2. The lowest BCUT2D eigenvalue weighted by Crippen LogP contribution is -2.12. The van der Waals surface area contributed by atoms with E-state index in [4.69, 9.17) is 5.11 Å². The smallest absolute Gasteiger partial charge is 0.275 e. The highest BCUT2D eigenvalue weighted by atomic mass is 79.9. The summed E-state index contributed by atoms with van der Waals surface area (Å²) in [5.41, 5.74) is 4.19. The van der Waals surface area contributed by atoms with Gasteiger partial charge in [-0.2, -0.15) is 0 Å². The van der Waals surface area contributed by atoms with Crippen LogP contribution < -0.4 is 5.32 Å². The van der Waals surface area contributed by atoms with E-state index in [9.17, 15) is 4.79 Å². The largest absolute Gasteiger partial charge is 0.392 e. The minimum atomic E-state index is -0.255. The molecule has 0 atom stereocenters. The van der Waals surface area contributed by atoms with Gasteiger partial charge in [0.2, 0.25) is 0 Å². The van der Waals surface area contributed by atoms with Gasteiger partial charge in [-0.25, -0.2) is 4.98 Å². The van der Waals surface area contributed by atoms with Gasteiger partial charge in [0, 0.05) is 27.1 Å². The summed E-state index contributed by atoms with van der Waals surface area (Å²) in [4.78, 5) is 17.2. The lowest BCUT2D eigenvalue weighted by atomic mass is 10.0. The van der Waals surface area contributed by atoms with Crippen molar-refractivity contribution in [2.24, 2.45) is 5.92 Å². The van der Waals surface area contributed by atoms with Crippen LogP contribution in [0.1, 0.15) is 35.5 Å². The molecule has 30 heavy (non-hydrogen) atoms. The van der Waals surface area contributed by atoms with Crippen LogP contribution in [-0.4, -0.2) is 20.6 Å². The number of nitrogens with zero attached hydrogens (tertiary/aromatic N) is 2. The maximum Gasteiger partial charge on any atom is 0.275 e. The molecule has 2 aromatic heterocycles. The molecule has 0 spiro atoms. The van der Waals surface area contributed by atoms with Gasteiger partial charge in [0.15, 0.2) is 5.13 Å². The third-order valence-corrected chi connectivity index (χ3v) is 6.14. The Morgan fingerprint density at radius 3 is 2.70 bits per heavy atom. The minimum absolute atomic E-state index is 0.0244. The zero-order valence-corrected chi connectivity index (χ0v) is 19.1. The number of aliphatic hydroxyl groups is 1. The topological polar surface area (TPSA) is 67.2 Å². The fourth-order valence-electron chi connectivity index (χ4n) is 3.40. The number of carbonyl (C=O) groups is 1. The maximum atomic E-state index is 12.6. The van der Waals surface area contributed by atoms with Crippen LogP contribution in [0.3, 0.4) is 0 Å². The fraction of sp³-hybridized carbons (Fsp3) is 0.217. The van der Waals surface area contributed by atoms with E-state index in [-0.39, 0.29) is 12.5 Å². The first-order chi connectivity index (χ1) is 14.4. The van der Waals surface area contributed by atoms with Gasteiger partial charge in [-0.1, -0.05) is 48.0 Å². The zero-order chi connectivity index (χ0) is 21.3. The van der Waals surface area contributed by atoms with Crippen molar-refractivity contribution >= 4 is 49.8 Å². The summed E-state index contributed by atoms with van der Waals surface area (Å²) in [7, 11) is 0. The SMILES string of the molecule is CC(C)Cc1cn(-c2nc(C(=O)Nc3ccc(CO)cc3)cs2)c2cc(Br)ccc12. The van der Waals surface area contributed by atoms with Crippen LogP contribution in [0.4, 0.5) is 5.69 Å². The van der Waals surface area contributed by atoms with Gasteiger partial charge in [0.1, 0.15) is 5.69 Å². The molecule has 0 unspecified atom stereocenters. The molecular formula is C23H22BrN3O2S. The average Bonchev–Trinajstić information content (AvgIpc) is 3.33. The van der Waals surface area contributed by atoms with Crippen LogP contribution in [0, 0.1) is 5.92 Å². The first kappa shape index (κ1) is 20.8. The summed E-state index contributed by atoms with van der Waals surface area (Å²) in [6, 6.07) is 13.4. The molecular weight excluding hydrogens is 462 g/mol. The highest BCUT2D eigenvalue weighted by Gasteiger charge is 2.16. The normalized spacial score (nSPS) is 11.4. The number of hydrogen-bond acceptors (Lipinski definition) is 4. The molecule has 0 saturated heterocycles. The Balaban J connectivity index is 1.63. The molecule has 0 aliphatic rings. The molecule has 0 bridgehead atoms. The Labute approximate surface area is 187 Å². The van der Waals surface area contributed by atoms with Gasteiger partial charge < -0.3 is 10.4 Å². The zero-order valence-electron chi connectivity index (χ0n) is 16.7. The molecule has 154 valence electrons. The van der Waals surface area contributed by atoms with E-state index in [2.05, 4.69) is 69.0 Å². The van der Waals surface area contributed by atoms with E-state index >= 15 is 0 Å². The van der Waals surface area contributed by atoms with Crippen LogP contribution >= 0.6 is 27.3 Å². The number of aliphatic hydroxyl groups excluding tert-OH is 1. The molecule has 0 saturated carbocycles. The van der Waals surface area contributed by atoms with Crippen molar-refractivity contribution in [1.29, 1.82) is 0 Å². The summed E-state index contributed by atoms with van der Waals surface area (Å²) >= 11 is 5.01. The number of nitrogens with one attached hydrogen (secondary N) is 1. The number of carbonyl (C=O) groups excluding carboxylic acids is 1. The second-order valence-corrected chi connectivity index (χ2v) is 9.36. The van der Waals surface area contributed by atoms with Crippen LogP contribution in [0.5, 0.6) is 0 Å². The Hall–Kier alpha value is -2.48. The highest BCUT2D eigenvalue weighted by Crippen LogP contribution is 2.30. The van der Waals surface area contributed by atoms with E-state index in [0.29, 0.717) is 17.3 Å². The molecule has 2 heterocycles. The van der Waals surface area contributed by atoms with Crippen LogP contribution in [-0.2, 0) is 13.0 Å². The number of thiazole rings is 1. The third kappa shape index (κ3) is 4.33. The monoisotopic (exact) mass is 483 g/mol. The fourth-order valence-corrected chi connectivity index (χ4v) is 4.54. The average molecular weight is 484 g/mol. The Kier molecular flexibility index (Phi) is 6.04. The van der Waals surface area contributed by atoms with Gasteiger partial charge in [-0.3, -0.25) is 9.36 Å². The first-order valence-electron chi connectivity index (χ1n) is 9.71. The van der Waals surface area contributed by atoms with Gasteiger partial charge >= 0.3 is 0 Å². The number of fused-ring (bicyclic) bond motifs is 1. The maximum absolute atomic E-state index is 12.6. The number of amides is 1. The van der Waals surface area contributed by atoms with Crippen molar-refractivity contribution in [3.8, 4) is 5.13 Å². The molecule has 0 fully saturated rings. The molecule has 4 aromatic rings. The lowest BCUT2D eigenvalue weighted by molar-refractivity contribution is 0.102. The molecule has 2 N–H and O–H groups in total. The summed E-state index contributed by atoms with van der Waals surface area (Å²) in [5.74, 6) is 0.289. The van der Waals surface area contributed by atoms with E-state index in [1.54, 1.807) is 29.6 Å². The van der Waals surface area contributed by atoms with E-state index in [0.717, 1.165) is 27.1 Å². The lowest BCUT2D eigenvalue weighted by Gasteiger charge is -2.04.